The summed E-state index contributed by atoms with van der Waals surface area (Å²) in [6.45, 7) is -0.928. The minimum atomic E-state index is -3.03. The monoisotopic (exact) mass is 378 g/mol. The Morgan fingerprint density at radius 2 is 2.11 bits per heavy atom. The number of hydrazone groups is 1. The highest BCUT2D eigenvalue weighted by Crippen LogP contribution is 2.33. The maximum absolute atomic E-state index is 12.7. The summed E-state index contributed by atoms with van der Waals surface area (Å²) < 4.78 is 45.6. The molecule has 0 aliphatic carbocycles. The number of halogens is 2. The zero-order valence-corrected chi connectivity index (χ0v) is 14.3. The maximum Gasteiger partial charge on any atom is 0.387 e. The number of nitrogens with zero attached hydrogens (tertiary/aromatic N) is 1. The number of rotatable bonds is 7. The predicted molar refractivity (Wildman–Crippen MR) is 91.9 cm³/mol. The summed E-state index contributed by atoms with van der Waals surface area (Å²) in [5.74, 6) is 0.515. The second-order valence-electron chi connectivity index (χ2n) is 5.25. The number of benzene rings is 2. The molecule has 1 aliphatic heterocycles. The Kier molecular flexibility index (Phi) is 5.70. The van der Waals surface area contributed by atoms with Crippen molar-refractivity contribution in [3.63, 3.8) is 0 Å². The Balaban J connectivity index is 1.73. The first-order valence-corrected chi connectivity index (χ1v) is 8.02. The standard InChI is InChI=1S/C18H16F2N2O5/c1-2-24-14-5-3-4-12(16(14)27-18(19)20)9-21-22-17(23)11-6-7-13-15(8-11)26-10-25-13/h3-9,18H,2,10H2,1H3,(H,22,23)/b21-9-. The number of fused-ring (bicyclic) bond motifs is 1. The van der Waals surface area contributed by atoms with Gasteiger partial charge in [-0.2, -0.15) is 13.9 Å². The average molecular weight is 378 g/mol. The maximum atomic E-state index is 12.7. The van der Waals surface area contributed by atoms with Gasteiger partial charge >= 0.3 is 6.61 Å². The molecule has 3 rings (SSSR count). The highest BCUT2D eigenvalue weighted by molar-refractivity contribution is 5.95. The van der Waals surface area contributed by atoms with Gasteiger partial charge in [0.05, 0.1) is 12.8 Å². The molecule has 0 saturated carbocycles. The van der Waals surface area contributed by atoms with E-state index in [9.17, 15) is 13.6 Å². The molecule has 1 N–H and O–H groups in total. The summed E-state index contributed by atoms with van der Waals surface area (Å²) in [6, 6.07) is 9.30. The van der Waals surface area contributed by atoms with E-state index in [2.05, 4.69) is 15.3 Å². The van der Waals surface area contributed by atoms with Crippen LogP contribution < -0.4 is 24.4 Å². The summed E-state index contributed by atoms with van der Waals surface area (Å²) in [7, 11) is 0. The first kappa shape index (κ1) is 18.4. The predicted octanol–water partition coefficient (Wildman–Crippen LogP) is 3.18. The number of alkyl halides is 2. The number of hydrogen-bond donors (Lipinski definition) is 1. The SMILES string of the molecule is CCOc1cccc(/C=N\NC(=O)c2ccc3c(c2)OCO3)c1OC(F)F. The molecule has 7 nitrogen and oxygen atoms in total. The Morgan fingerprint density at radius 3 is 2.89 bits per heavy atom. The zero-order valence-electron chi connectivity index (χ0n) is 14.3. The smallest absolute Gasteiger partial charge is 0.387 e. The summed E-state index contributed by atoms with van der Waals surface area (Å²) in [5.41, 5.74) is 2.86. The Hall–Kier alpha value is -3.36. The lowest BCUT2D eigenvalue weighted by molar-refractivity contribution is -0.0515. The van der Waals surface area contributed by atoms with Crippen molar-refractivity contribution in [2.45, 2.75) is 13.5 Å². The number of para-hydroxylation sites is 1. The van der Waals surface area contributed by atoms with Gasteiger partial charge in [0.2, 0.25) is 6.79 Å². The van der Waals surface area contributed by atoms with Crippen LogP contribution in [0.2, 0.25) is 0 Å². The lowest BCUT2D eigenvalue weighted by Gasteiger charge is -2.13. The Morgan fingerprint density at radius 1 is 1.30 bits per heavy atom. The van der Waals surface area contributed by atoms with E-state index in [1.54, 1.807) is 25.1 Å². The summed E-state index contributed by atoms with van der Waals surface area (Å²) >= 11 is 0. The van der Waals surface area contributed by atoms with Crippen molar-refractivity contribution in [2.75, 3.05) is 13.4 Å². The van der Waals surface area contributed by atoms with Crippen LogP contribution in [0, 0.1) is 0 Å². The molecule has 0 fully saturated rings. The number of nitrogens with one attached hydrogen (secondary N) is 1. The van der Waals surface area contributed by atoms with E-state index in [4.69, 9.17) is 14.2 Å². The molecule has 1 heterocycles. The molecule has 27 heavy (non-hydrogen) atoms. The second-order valence-corrected chi connectivity index (χ2v) is 5.25. The molecule has 1 amide bonds. The van der Waals surface area contributed by atoms with Gasteiger partial charge in [-0.15, -0.1) is 0 Å². The van der Waals surface area contributed by atoms with Crippen molar-refractivity contribution in [3.05, 3.63) is 47.5 Å². The fraction of sp³-hybridized carbons (Fsp3) is 0.222. The van der Waals surface area contributed by atoms with Gasteiger partial charge in [0.25, 0.3) is 5.91 Å². The van der Waals surface area contributed by atoms with E-state index < -0.39 is 12.5 Å². The molecule has 1 aliphatic rings. The number of carbonyl (C=O) groups excluding carboxylic acids is 1. The molecule has 0 saturated heterocycles. The fourth-order valence-electron chi connectivity index (χ4n) is 2.38. The normalized spacial score (nSPS) is 12.4. The third-order valence-corrected chi connectivity index (χ3v) is 3.52. The van der Waals surface area contributed by atoms with E-state index in [1.807, 2.05) is 0 Å². The van der Waals surface area contributed by atoms with Crippen LogP contribution in [0.15, 0.2) is 41.5 Å². The van der Waals surface area contributed by atoms with Gasteiger partial charge in [0, 0.05) is 11.1 Å². The third-order valence-electron chi connectivity index (χ3n) is 3.52. The molecular formula is C18H16F2N2O5. The number of carbonyl (C=O) groups is 1. The molecule has 0 radical (unpaired) electrons. The topological polar surface area (TPSA) is 78.4 Å². The van der Waals surface area contributed by atoms with Gasteiger partial charge < -0.3 is 18.9 Å². The van der Waals surface area contributed by atoms with E-state index in [-0.39, 0.29) is 30.5 Å². The average Bonchev–Trinajstić information content (AvgIpc) is 3.11. The molecule has 0 aromatic heterocycles. The van der Waals surface area contributed by atoms with Crippen LogP contribution in [-0.2, 0) is 0 Å². The van der Waals surface area contributed by atoms with Crippen LogP contribution in [0.25, 0.3) is 0 Å². The van der Waals surface area contributed by atoms with Crippen molar-refractivity contribution in [1.29, 1.82) is 0 Å². The first-order chi connectivity index (χ1) is 13.1. The van der Waals surface area contributed by atoms with Crippen LogP contribution in [0.4, 0.5) is 8.78 Å². The molecule has 9 heteroatoms. The zero-order chi connectivity index (χ0) is 19.2. The highest BCUT2D eigenvalue weighted by Gasteiger charge is 2.17. The molecule has 2 aromatic carbocycles. The number of hydrogen-bond acceptors (Lipinski definition) is 6. The molecule has 0 bridgehead atoms. The highest BCUT2D eigenvalue weighted by atomic mass is 19.3. The summed E-state index contributed by atoms with van der Waals surface area (Å²) in [5, 5.41) is 3.80. The van der Waals surface area contributed by atoms with Crippen molar-refractivity contribution in [3.8, 4) is 23.0 Å². The van der Waals surface area contributed by atoms with E-state index in [0.29, 0.717) is 17.1 Å². The molecule has 2 aromatic rings. The van der Waals surface area contributed by atoms with Gasteiger partial charge in [-0.25, -0.2) is 5.43 Å². The van der Waals surface area contributed by atoms with Gasteiger partial charge in [0.15, 0.2) is 23.0 Å². The van der Waals surface area contributed by atoms with Crippen LogP contribution in [0.5, 0.6) is 23.0 Å². The summed E-state index contributed by atoms with van der Waals surface area (Å²) in [6.07, 6.45) is 1.20. The molecule has 142 valence electrons. The van der Waals surface area contributed by atoms with Crippen LogP contribution in [0.3, 0.4) is 0 Å². The molecule has 0 spiro atoms. The first-order valence-electron chi connectivity index (χ1n) is 8.02. The number of amides is 1. The summed E-state index contributed by atoms with van der Waals surface area (Å²) in [4.78, 5) is 12.2. The Bertz CT molecular complexity index is 858. The van der Waals surface area contributed by atoms with Gasteiger partial charge in [-0.1, -0.05) is 6.07 Å². The molecular weight excluding hydrogens is 362 g/mol. The van der Waals surface area contributed by atoms with Crippen LogP contribution in [-0.4, -0.2) is 32.1 Å². The lowest BCUT2D eigenvalue weighted by atomic mass is 10.2. The number of ether oxygens (including phenoxy) is 4. The van der Waals surface area contributed by atoms with Crippen molar-refractivity contribution < 1.29 is 32.5 Å². The minimum Gasteiger partial charge on any atom is -0.490 e. The largest absolute Gasteiger partial charge is 0.490 e. The fourth-order valence-corrected chi connectivity index (χ4v) is 2.38. The van der Waals surface area contributed by atoms with E-state index in [0.717, 1.165) is 0 Å². The van der Waals surface area contributed by atoms with Crippen LogP contribution in [0.1, 0.15) is 22.8 Å². The minimum absolute atomic E-state index is 0.0989. The second kappa shape index (κ2) is 8.35. The van der Waals surface area contributed by atoms with E-state index in [1.165, 1.54) is 24.4 Å². The van der Waals surface area contributed by atoms with Gasteiger partial charge in [-0.3, -0.25) is 4.79 Å². The van der Waals surface area contributed by atoms with E-state index >= 15 is 0 Å². The van der Waals surface area contributed by atoms with Crippen LogP contribution >= 0.6 is 0 Å². The van der Waals surface area contributed by atoms with Crippen molar-refractivity contribution in [1.82, 2.24) is 5.43 Å². The lowest BCUT2D eigenvalue weighted by Crippen LogP contribution is -2.17. The third kappa shape index (κ3) is 4.43. The molecule has 0 atom stereocenters. The Labute approximate surface area is 153 Å². The van der Waals surface area contributed by atoms with Crippen molar-refractivity contribution >= 4 is 12.1 Å². The molecule has 0 unspecified atom stereocenters. The van der Waals surface area contributed by atoms with Crippen molar-refractivity contribution in [2.24, 2.45) is 5.10 Å². The van der Waals surface area contributed by atoms with Gasteiger partial charge in [0.1, 0.15) is 0 Å². The quantitative estimate of drug-likeness (QED) is 0.591. The van der Waals surface area contributed by atoms with Gasteiger partial charge in [-0.05, 0) is 37.3 Å².